The van der Waals surface area contributed by atoms with Crippen molar-refractivity contribution in [1.82, 2.24) is 0 Å². The van der Waals surface area contributed by atoms with Crippen LogP contribution in [-0.4, -0.2) is 44.7 Å². The van der Waals surface area contributed by atoms with Gasteiger partial charge in [0, 0.05) is 12.5 Å². The molecule has 0 aromatic rings. The van der Waals surface area contributed by atoms with E-state index in [2.05, 4.69) is 0 Å². The lowest BCUT2D eigenvalue weighted by molar-refractivity contribution is -0.156. The Labute approximate surface area is 137 Å². The lowest BCUT2D eigenvalue weighted by Gasteiger charge is -2.32. The number of unbranched alkanes of at least 4 members (excludes halogenated alkanes) is 3. The zero-order valence-electron chi connectivity index (χ0n) is 13.5. The third-order valence-electron chi connectivity index (χ3n) is 4.11. The maximum absolute atomic E-state index is 11.8. The van der Waals surface area contributed by atoms with Gasteiger partial charge in [-0.1, -0.05) is 12.8 Å². The topological polar surface area (TPSA) is 61.8 Å². The molecule has 1 aliphatic rings. The molecular weight excluding hydrogens is 308 g/mol. The number of hydrogen-bond acceptors (Lipinski definition) is 5. The molecule has 0 N–H and O–H groups in total. The summed E-state index contributed by atoms with van der Waals surface area (Å²) in [6.07, 6.45) is 5.81. The van der Waals surface area contributed by atoms with Crippen LogP contribution >= 0.6 is 11.6 Å². The second-order valence-electron chi connectivity index (χ2n) is 5.74. The van der Waals surface area contributed by atoms with Crippen LogP contribution in [0, 0.1) is 11.8 Å². The molecule has 0 radical (unpaired) electrons. The van der Waals surface area contributed by atoms with Crippen LogP contribution in [0.5, 0.6) is 0 Å². The molecule has 0 saturated heterocycles. The SMILES string of the molecule is COC(=O)C1CC(OCCCCCCCl)CC(C(=O)OC)C1. The van der Waals surface area contributed by atoms with Gasteiger partial charge in [-0.15, -0.1) is 11.6 Å². The molecule has 0 aromatic carbocycles. The van der Waals surface area contributed by atoms with Crippen LogP contribution in [0.25, 0.3) is 0 Å². The fraction of sp³-hybridized carbons (Fsp3) is 0.875. The molecule has 1 saturated carbocycles. The van der Waals surface area contributed by atoms with Crippen molar-refractivity contribution in [1.29, 1.82) is 0 Å². The molecule has 22 heavy (non-hydrogen) atoms. The van der Waals surface area contributed by atoms with Crippen LogP contribution in [0.2, 0.25) is 0 Å². The normalized spacial score (nSPS) is 24.8. The van der Waals surface area contributed by atoms with Gasteiger partial charge in [0.15, 0.2) is 0 Å². The first-order chi connectivity index (χ1) is 10.6. The van der Waals surface area contributed by atoms with Crippen molar-refractivity contribution >= 4 is 23.5 Å². The molecule has 0 aromatic heterocycles. The van der Waals surface area contributed by atoms with E-state index in [0.717, 1.165) is 25.7 Å². The highest BCUT2D eigenvalue weighted by molar-refractivity contribution is 6.17. The smallest absolute Gasteiger partial charge is 0.308 e. The van der Waals surface area contributed by atoms with Gasteiger partial charge in [-0.25, -0.2) is 0 Å². The van der Waals surface area contributed by atoms with E-state index in [0.29, 0.717) is 31.7 Å². The first-order valence-corrected chi connectivity index (χ1v) is 8.49. The molecule has 0 heterocycles. The van der Waals surface area contributed by atoms with E-state index < -0.39 is 0 Å². The zero-order chi connectivity index (χ0) is 16.4. The minimum Gasteiger partial charge on any atom is -0.469 e. The van der Waals surface area contributed by atoms with Gasteiger partial charge in [0.25, 0.3) is 0 Å². The van der Waals surface area contributed by atoms with Crippen molar-refractivity contribution < 1.29 is 23.8 Å². The van der Waals surface area contributed by atoms with Gasteiger partial charge in [0.05, 0.1) is 32.2 Å². The summed E-state index contributed by atoms with van der Waals surface area (Å²) in [5, 5.41) is 0. The van der Waals surface area contributed by atoms with Crippen LogP contribution < -0.4 is 0 Å². The standard InChI is InChI=1S/C16H27ClO5/c1-20-15(18)12-9-13(16(19)21-2)11-14(10-12)22-8-6-4-3-5-7-17/h12-14H,3-11H2,1-2H3. The number of methoxy groups -OCH3 is 2. The highest BCUT2D eigenvalue weighted by Crippen LogP contribution is 2.32. The maximum atomic E-state index is 11.8. The minimum atomic E-state index is -0.288. The maximum Gasteiger partial charge on any atom is 0.308 e. The number of ether oxygens (including phenoxy) is 3. The Kier molecular flexibility index (Phi) is 9.48. The minimum absolute atomic E-state index is 0.0880. The van der Waals surface area contributed by atoms with Gasteiger partial charge in [-0.2, -0.15) is 0 Å². The van der Waals surface area contributed by atoms with Crippen molar-refractivity contribution in [3.63, 3.8) is 0 Å². The summed E-state index contributed by atoms with van der Waals surface area (Å²) in [4.78, 5) is 23.5. The number of hydrogen-bond donors (Lipinski definition) is 0. The first kappa shape index (κ1) is 19.2. The van der Waals surface area contributed by atoms with Gasteiger partial charge in [-0.3, -0.25) is 9.59 Å². The quantitative estimate of drug-likeness (QED) is 0.368. The Hall–Kier alpha value is -0.810. The molecule has 128 valence electrons. The lowest BCUT2D eigenvalue weighted by atomic mass is 9.79. The van der Waals surface area contributed by atoms with E-state index in [1.54, 1.807) is 0 Å². The molecule has 0 aliphatic heterocycles. The monoisotopic (exact) mass is 334 g/mol. The predicted octanol–water partition coefficient (Wildman–Crippen LogP) is 2.93. The number of rotatable bonds is 9. The summed E-state index contributed by atoms with van der Waals surface area (Å²) >= 11 is 5.64. The molecule has 0 bridgehead atoms. The van der Waals surface area contributed by atoms with Crippen molar-refractivity contribution in [2.24, 2.45) is 11.8 Å². The van der Waals surface area contributed by atoms with Crippen molar-refractivity contribution in [3.8, 4) is 0 Å². The molecule has 0 amide bonds. The first-order valence-electron chi connectivity index (χ1n) is 7.95. The highest BCUT2D eigenvalue weighted by atomic mass is 35.5. The van der Waals surface area contributed by atoms with Gasteiger partial charge in [0.1, 0.15) is 0 Å². The fourth-order valence-corrected chi connectivity index (χ4v) is 3.11. The van der Waals surface area contributed by atoms with E-state index in [-0.39, 0.29) is 29.9 Å². The van der Waals surface area contributed by atoms with Crippen LogP contribution in [-0.2, 0) is 23.8 Å². The molecular formula is C16H27ClO5. The third-order valence-corrected chi connectivity index (χ3v) is 4.38. The van der Waals surface area contributed by atoms with Crippen LogP contribution in [0.3, 0.4) is 0 Å². The van der Waals surface area contributed by atoms with E-state index in [9.17, 15) is 9.59 Å². The Morgan fingerprint density at radius 3 is 1.95 bits per heavy atom. The molecule has 2 unspecified atom stereocenters. The second kappa shape index (κ2) is 10.8. The largest absolute Gasteiger partial charge is 0.469 e. The predicted molar refractivity (Wildman–Crippen MR) is 83.8 cm³/mol. The summed E-state index contributed by atoms with van der Waals surface area (Å²) < 4.78 is 15.5. The summed E-state index contributed by atoms with van der Waals surface area (Å²) in [6.45, 7) is 0.648. The highest BCUT2D eigenvalue weighted by Gasteiger charge is 2.37. The Morgan fingerprint density at radius 1 is 0.909 bits per heavy atom. The number of esters is 2. The van der Waals surface area contributed by atoms with Gasteiger partial charge in [0.2, 0.25) is 0 Å². The molecule has 1 aliphatic carbocycles. The van der Waals surface area contributed by atoms with E-state index in [1.165, 1.54) is 14.2 Å². The van der Waals surface area contributed by atoms with Gasteiger partial charge in [-0.05, 0) is 32.1 Å². The number of alkyl halides is 1. The summed E-state index contributed by atoms with van der Waals surface area (Å²) in [5.41, 5.74) is 0. The van der Waals surface area contributed by atoms with E-state index in [1.807, 2.05) is 0 Å². The molecule has 5 nitrogen and oxygen atoms in total. The lowest BCUT2D eigenvalue weighted by Crippen LogP contribution is -2.36. The van der Waals surface area contributed by atoms with Gasteiger partial charge < -0.3 is 14.2 Å². The average Bonchev–Trinajstić information content (AvgIpc) is 2.56. The molecule has 0 spiro atoms. The average molecular weight is 335 g/mol. The number of carbonyl (C=O) groups excluding carboxylic acids is 2. The van der Waals surface area contributed by atoms with Gasteiger partial charge >= 0.3 is 11.9 Å². The van der Waals surface area contributed by atoms with Crippen molar-refractivity contribution in [2.45, 2.75) is 51.0 Å². The number of carbonyl (C=O) groups is 2. The fourth-order valence-electron chi connectivity index (χ4n) is 2.92. The Bertz CT molecular complexity index is 323. The Morgan fingerprint density at radius 2 is 1.45 bits per heavy atom. The summed E-state index contributed by atoms with van der Waals surface area (Å²) in [5.74, 6) is -0.424. The molecule has 1 rings (SSSR count). The molecule has 6 heteroatoms. The van der Waals surface area contributed by atoms with Crippen molar-refractivity contribution in [3.05, 3.63) is 0 Å². The van der Waals surface area contributed by atoms with Crippen molar-refractivity contribution in [2.75, 3.05) is 26.7 Å². The summed E-state index contributed by atoms with van der Waals surface area (Å²) in [6, 6.07) is 0. The van der Waals surface area contributed by atoms with Crippen LogP contribution in [0.4, 0.5) is 0 Å². The molecule has 2 atom stereocenters. The third kappa shape index (κ3) is 6.53. The number of halogens is 1. The summed E-state index contributed by atoms with van der Waals surface area (Å²) in [7, 11) is 2.74. The zero-order valence-corrected chi connectivity index (χ0v) is 14.3. The van der Waals surface area contributed by atoms with Crippen LogP contribution in [0.15, 0.2) is 0 Å². The van der Waals surface area contributed by atoms with E-state index in [4.69, 9.17) is 25.8 Å². The Balaban J connectivity index is 2.43. The second-order valence-corrected chi connectivity index (χ2v) is 6.12. The van der Waals surface area contributed by atoms with Crippen LogP contribution in [0.1, 0.15) is 44.9 Å². The molecule has 1 fully saturated rings. The van der Waals surface area contributed by atoms with E-state index >= 15 is 0 Å².